The minimum Gasteiger partial charge on any atom is -0.461 e. The van der Waals surface area contributed by atoms with Crippen LogP contribution in [0.2, 0.25) is 0 Å². The van der Waals surface area contributed by atoms with Crippen molar-refractivity contribution in [2.75, 3.05) is 19.5 Å². The van der Waals surface area contributed by atoms with Gasteiger partial charge >= 0.3 is 5.97 Å². The molecule has 0 unspecified atom stereocenters. The molecular weight excluding hydrogens is 306 g/mol. The second-order valence-electron chi connectivity index (χ2n) is 6.38. The molecule has 0 spiro atoms. The Morgan fingerprint density at radius 3 is 2.50 bits per heavy atom. The number of carbonyl (C=O) groups excluding carboxylic acids is 3. The van der Waals surface area contributed by atoms with E-state index < -0.39 is 17.5 Å². The lowest BCUT2D eigenvalue weighted by molar-refractivity contribution is -0.160. The molecule has 2 aliphatic heterocycles. The molecule has 7 heteroatoms. The van der Waals surface area contributed by atoms with Gasteiger partial charge in [-0.2, -0.15) is 0 Å². The molecule has 122 valence electrons. The highest BCUT2D eigenvalue weighted by Gasteiger charge is 2.54. The zero-order chi connectivity index (χ0) is 16.7. The second-order valence-corrected chi connectivity index (χ2v) is 7.48. The fourth-order valence-corrected chi connectivity index (χ4v) is 3.76. The molecule has 0 radical (unpaired) electrons. The van der Waals surface area contributed by atoms with Crippen LogP contribution < -0.4 is 0 Å². The van der Waals surface area contributed by atoms with Gasteiger partial charge in [-0.05, 0) is 0 Å². The molecule has 0 aromatic rings. The maximum atomic E-state index is 12.8. The van der Waals surface area contributed by atoms with E-state index >= 15 is 0 Å². The number of hydrogen-bond acceptors (Lipinski definition) is 6. The van der Waals surface area contributed by atoms with Crippen molar-refractivity contribution in [2.24, 2.45) is 5.41 Å². The van der Waals surface area contributed by atoms with Crippen molar-refractivity contribution >= 4 is 29.4 Å². The third-order valence-corrected chi connectivity index (χ3v) is 4.91. The van der Waals surface area contributed by atoms with Gasteiger partial charge in [0.15, 0.2) is 11.9 Å². The van der Waals surface area contributed by atoms with Gasteiger partial charge < -0.3 is 9.47 Å². The largest absolute Gasteiger partial charge is 0.461 e. The fourth-order valence-electron chi connectivity index (χ4n) is 2.40. The Labute approximate surface area is 134 Å². The molecule has 0 aromatic carbocycles. The zero-order valence-corrected chi connectivity index (χ0v) is 14.3. The van der Waals surface area contributed by atoms with E-state index in [1.807, 2.05) is 0 Å². The summed E-state index contributed by atoms with van der Waals surface area (Å²) in [6.45, 7) is 6.77. The summed E-state index contributed by atoms with van der Waals surface area (Å²) in [5.41, 5.74) is 0.428. The Hall–Kier alpha value is -1.34. The summed E-state index contributed by atoms with van der Waals surface area (Å²) in [6.07, 6.45) is -0.511. The molecule has 22 heavy (non-hydrogen) atoms. The molecule has 0 aromatic heterocycles. The molecule has 1 saturated heterocycles. The van der Waals surface area contributed by atoms with Gasteiger partial charge in [0.05, 0.1) is 5.70 Å². The predicted molar refractivity (Wildman–Crippen MR) is 82.0 cm³/mol. The van der Waals surface area contributed by atoms with Crippen LogP contribution in [0.15, 0.2) is 11.3 Å². The summed E-state index contributed by atoms with van der Waals surface area (Å²) in [7, 11) is 1.49. The minimum atomic E-state index is -0.623. The van der Waals surface area contributed by atoms with Gasteiger partial charge in [-0.1, -0.05) is 20.8 Å². The van der Waals surface area contributed by atoms with Crippen molar-refractivity contribution in [3.8, 4) is 0 Å². The predicted octanol–water partition coefficient (Wildman–Crippen LogP) is 1.35. The Kier molecular flexibility index (Phi) is 4.67. The second kappa shape index (κ2) is 6.04. The lowest BCUT2D eigenvalue weighted by Gasteiger charge is -2.50. The van der Waals surface area contributed by atoms with E-state index in [1.54, 1.807) is 20.8 Å². The van der Waals surface area contributed by atoms with Crippen LogP contribution in [-0.4, -0.2) is 53.5 Å². The molecule has 0 N–H and O–H groups in total. The number of thioether (sulfide) groups is 1. The van der Waals surface area contributed by atoms with Crippen LogP contribution in [0.4, 0.5) is 0 Å². The Balaban J connectivity index is 2.37. The molecule has 0 bridgehead atoms. The summed E-state index contributed by atoms with van der Waals surface area (Å²) < 4.78 is 10.2. The Bertz CT molecular complexity index is 549. The highest BCUT2D eigenvalue weighted by molar-refractivity contribution is 8.00. The van der Waals surface area contributed by atoms with Gasteiger partial charge in [0, 0.05) is 30.8 Å². The Morgan fingerprint density at radius 1 is 1.36 bits per heavy atom. The van der Waals surface area contributed by atoms with Crippen LogP contribution in [-0.2, 0) is 23.9 Å². The van der Waals surface area contributed by atoms with Gasteiger partial charge in [0.25, 0.3) is 5.91 Å². The Morgan fingerprint density at radius 2 is 2.00 bits per heavy atom. The van der Waals surface area contributed by atoms with Gasteiger partial charge in [0.1, 0.15) is 12.0 Å². The third kappa shape index (κ3) is 2.92. The lowest BCUT2D eigenvalue weighted by Crippen LogP contribution is -2.66. The summed E-state index contributed by atoms with van der Waals surface area (Å²) in [5, 5.41) is -0.181. The molecule has 2 heterocycles. The number of Topliss-reactive ketones (excluding diaryl/α,β-unsaturated/α-hetero) is 1. The van der Waals surface area contributed by atoms with E-state index in [4.69, 9.17) is 9.47 Å². The van der Waals surface area contributed by atoms with E-state index in [-0.39, 0.29) is 23.7 Å². The fraction of sp³-hybridized carbons (Fsp3) is 0.667. The van der Waals surface area contributed by atoms with Crippen LogP contribution in [0.3, 0.4) is 0 Å². The molecule has 1 fully saturated rings. The van der Waals surface area contributed by atoms with Gasteiger partial charge in [-0.15, -0.1) is 11.8 Å². The minimum absolute atomic E-state index is 0.0354. The highest BCUT2D eigenvalue weighted by atomic mass is 32.2. The van der Waals surface area contributed by atoms with Crippen LogP contribution in [0.1, 0.15) is 27.7 Å². The summed E-state index contributed by atoms with van der Waals surface area (Å²) in [4.78, 5) is 37.5. The number of ether oxygens (including phenoxy) is 2. The van der Waals surface area contributed by atoms with Crippen LogP contribution in [0, 0.1) is 5.41 Å². The number of nitrogens with zero attached hydrogens (tertiary/aromatic N) is 1. The van der Waals surface area contributed by atoms with Crippen molar-refractivity contribution in [2.45, 2.75) is 39.2 Å². The maximum absolute atomic E-state index is 12.8. The monoisotopic (exact) mass is 327 g/mol. The van der Waals surface area contributed by atoms with Crippen LogP contribution in [0.5, 0.6) is 0 Å². The van der Waals surface area contributed by atoms with Crippen molar-refractivity contribution < 1.29 is 23.9 Å². The topological polar surface area (TPSA) is 72.9 Å². The molecule has 0 saturated carbocycles. The number of carbonyl (C=O) groups is 3. The van der Waals surface area contributed by atoms with Crippen molar-refractivity contribution in [1.82, 2.24) is 4.90 Å². The van der Waals surface area contributed by atoms with Crippen molar-refractivity contribution in [3.05, 3.63) is 11.3 Å². The number of fused-ring (bicyclic) bond motifs is 1. The number of methoxy groups -OCH3 is 1. The number of β-lactam (4-membered cyclic amide) rings is 1. The zero-order valence-electron chi connectivity index (χ0n) is 13.5. The number of rotatable bonds is 4. The van der Waals surface area contributed by atoms with E-state index in [0.29, 0.717) is 17.0 Å². The van der Waals surface area contributed by atoms with E-state index in [0.717, 1.165) is 0 Å². The lowest BCUT2D eigenvalue weighted by atomic mass is 9.85. The first-order valence-electron chi connectivity index (χ1n) is 7.06. The summed E-state index contributed by atoms with van der Waals surface area (Å²) >= 11 is 1.52. The van der Waals surface area contributed by atoms with Crippen molar-refractivity contribution in [3.63, 3.8) is 0 Å². The number of allylic oxidation sites excluding steroid dienone is 1. The van der Waals surface area contributed by atoms with Gasteiger partial charge in [-0.25, -0.2) is 0 Å². The molecule has 2 atom stereocenters. The first-order chi connectivity index (χ1) is 10.2. The van der Waals surface area contributed by atoms with Gasteiger partial charge in [0.2, 0.25) is 0 Å². The average molecular weight is 327 g/mol. The number of ketones is 1. The number of amides is 1. The standard InChI is InChI=1S/C15H21NO5S/c1-8(17)21-6-9-7-22-14-11(20-5)13(19)16(14)10(9)12(18)15(2,3)4/h11,14H,6-7H2,1-5H3/t11-,14+/m0/s1. The summed E-state index contributed by atoms with van der Waals surface area (Å²) in [5.74, 6) is -0.207. The van der Waals surface area contributed by atoms with Crippen LogP contribution in [0.25, 0.3) is 0 Å². The number of hydrogen-bond donors (Lipinski definition) is 0. The molecule has 1 amide bonds. The molecule has 2 rings (SSSR count). The van der Waals surface area contributed by atoms with Crippen LogP contribution >= 0.6 is 11.8 Å². The van der Waals surface area contributed by atoms with E-state index in [1.165, 1.54) is 30.7 Å². The van der Waals surface area contributed by atoms with Crippen molar-refractivity contribution in [1.29, 1.82) is 0 Å². The molecule has 2 aliphatic rings. The maximum Gasteiger partial charge on any atom is 0.302 e. The summed E-state index contributed by atoms with van der Waals surface area (Å²) in [6, 6.07) is 0. The highest BCUT2D eigenvalue weighted by Crippen LogP contribution is 2.43. The molecular formula is C15H21NO5S. The van der Waals surface area contributed by atoms with E-state index in [9.17, 15) is 14.4 Å². The number of esters is 1. The first kappa shape index (κ1) is 17.0. The average Bonchev–Trinajstić information content (AvgIpc) is 2.42. The van der Waals surface area contributed by atoms with Gasteiger partial charge in [-0.3, -0.25) is 19.3 Å². The SMILES string of the molecule is CO[C@H]1C(=O)N2C(C(=O)C(C)(C)C)=C(COC(C)=O)CS[C@H]12. The first-order valence-corrected chi connectivity index (χ1v) is 8.11. The van der Waals surface area contributed by atoms with E-state index in [2.05, 4.69) is 0 Å². The smallest absolute Gasteiger partial charge is 0.302 e. The molecule has 6 nitrogen and oxygen atoms in total. The quantitative estimate of drug-likeness (QED) is 0.573. The molecule has 0 aliphatic carbocycles. The normalized spacial score (nSPS) is 24.8. The third-order valence-electron chi connectivity index (χ3n) is 3.60.